The summed E-state index contributed by atoms with van der Waals surface area (Å²) in [5.74, 6) is 0. The van der Waals surface area contributed by atoms with Crippen LogP contribution in [0.15, 0.2) is 12.7 Å². The molecule has 4 nitrogen and oxygen atoms in total. The maximum Gasteiger partial charge on any atom is 0.204 e. The SMILES string of the molecule is C=CCC(C)([PH](=O)O)[PH](=O)O. The minimum Gasteiger partial charge on any atom is -0.346 e. The van der Waals surface area contributed by atoms with E-state index in [1.165, 1.54) is 13.0 Å². The van der Waals surface area contributed by atoms with Crippen LogP contribution in [0.3, 0.4) is 0 Å². The molecule has 0 radical (unpaired) electrons. The van der Waals surface area contributed by atoms with Crippen LogP contribution in [0, 0.1) is 0 Å². The van der Waals surface area contributed by atoms with Crippen molar-refractivity contribution in [1.29, 1.82) is 0 Å². The van der Waals surface area contributed by atoms with E-state index in [1.807, 2.05) is 0 Å². The molecule has 66 valence electrons. The summed E-state index contributed by atoms with van der Waals surface area (Å²) in [7, 11) is -5.94. The third-order valence-electron chi connectivity index (χ3n) is 1.50. The molecule has 0 aliphatic rings. The molecule has 11 heavy (non-hydrogen) atoms. The molecule has 0 saturated carbocycles. The van der Waals surface area contributed by atoms with Crippen molar-refractivity contribution in [2.45, 2.75) is 18.2 Å². The Kier molecular flexibility index (Phi) is 4.27. The maximum absolute atomic E-state index is 10.7. The lowest BCUT2D eigenvalue weighted by molar-refractivity contribution is 0.454. The van der Waals surface area contributed by atoms with Gasteiger partial charge < -0.3 is 9.79 Å². The summed E-state index contributed by atoms with van der Waals surface area (Å²) >= 11 is 0. The zero-order valence-corrected chi connectivity index (χ0v) is 8.20. The first kappa shape index (κ1) is 11.1. The third kappa shape index (κ3) is 2.57. The Hall–Kier alpha value is 0.120. The average molecular weight is 198 g/mol. The predicted octanol–water partition coefficient (Wildman–Crippen LogP) is 1.21. The first-order valence-electron chi connectivity index (χ1n) is 3.03. The van der Waals surface area contributed by atoms with Gasteiger partial charge in [-0.05, 0) is 13.3 Å². The Morgan fingerprint density at radius 3 is 1.91 bits per heavy atom. The molecule has 0 spiro atoms. The van der Waals surface area contributed by atoms with Crippen LogP contribution < -0.4 is 0 Å². The first-order chi connectivity index (χ1) is 4.95. The Balaban J connectivity index is 4.65. The fourth-order valence-corrected chi connectivity index (χ4v) is 1.92. The molecule has 0 aromatic carbocycles. The minimum absolute atomic E-state index is 0.0928. The van der Waals surface area contributed by atoms with E-state index in [2.05, 4.69) is 6.58 Å². The fraction of sp³-hybridized carbons (Fsp3) is 0.600. The van der Waals surface area contributed by atoms with Crippen LogP contribution in [0.25, 0.3) is 0 Å². The van der Waals surface area contributed by atoms with Gasteiger partial charge in [0.1, 0.15) is 4.90 Å². The molecular weight excluding hydrogens is 186 g/mol. The van der Waals surface area contributed by atoms with Crippen LogP contribution in [0.4, 0.5) is 0 Å². The highest BCUT2D eigenvalue weighted by Gasteiger charge is 2.34. The molecule has 0 aliphatic carbocycles. The van der Waals surface area contributed by atoms with Crippen LogP contribution in [0.5, 0.6) is 0 Å². The van der Waals surface area contributed by atoms with Gasteiger partial charge in [-0.3, -0.25) is 9.13 Å². The van der Waals surface area contributed by atoms with E-state index >= 15 is 0 Å². The van der Waals surface area contributed by atoms with Crippen LogP contribution in [-0.4, -0.2) is 14.7 Å². The summed E-state index contributed by atoms with van der Waals surface area (Å²) in [6.45, 7) is 4.66. The van der Waals surface area contributed by atoms with E-state index in [4.69, 9.17) is 9.79 Å². The van der Waals surface area contributed by atoms with Crippen molar-refractivity contribution in [3.05, 3.63) is 12.7 Å². The van der Waals surface area contributed by atoms with E-state index < -0.39 is 21.0 Å². The Morgan fingerprint density at radius 2 is 1.82 bits per heavy atom. The van der Waals surface area contributed by atoms with Crippen molar-refractivity contribution >= 4 is 16.1 Å². The lowest BCUT2D eigenvalue weighted by Gasteiger charge is -2.20. The monoisotopic (exact) mass is 198 g/mol. The van der Waals surface area contributed by atoms with Gasteiger partial charge in [0.05, 0.1) is 0 Å². The van der Waals surface area contributed by atoms with Gasteiger partial charge in [0.2, 0.25) is 16.1 Å². The Bertz CT molecular complexity index is 187. The first-order valence-corrected chi connectivity index (χ1v) is 5.74. The van der Waals surface area contributed by atoms with Gasteiger partial charge >= 0.3 is 0 Å². The molecule has 0 aromatic rings. The van der Waals surface area contributed by atoms with Crippen molar-refractivity contribution in [1.82, 2.24) is 0 Å². The van der Waals surface area contributed by atoms with Crippen molar-refractivity contribution in [3.8, 4) is 0 Å². The second kappa shape index (κ2) is 4.22. The van der Waals surface area contributed by atoms with E-state index in [1.54, 1.807) is 0 Å². The van der Waals surface area contributed by atoms with Crippen molar-refractivity contribution < 1.29 is 18.9 Å². The highest BCUT2D eigenvalue weighted by Crippen LogP contribution is 2.53. The third-order valence-corrected chi connectivity index (χ3v) is 5.08. The smallest absolute Gasteiger partial charge is 0.204 e. The molecule has 0 aliphatic heterocycles. The van der Waals surface area contributed by atoms with Gasteiger partial charge in [0.15, 0.2) is 0 Å². The summed E-state index contributed by atoms with van der Waals surface area (Å²) in [5, 5.41) is 0. The lowest BCUT2D eigenvalue weighted by atomic mass is 10.3. The molecule has 2 N–H and O–H groups in total. The van der Waals surface area contributed by atoms with Gasteiger partial charge in [-0.2, -0.15) is 0 Å². The Morgan fingerprint density at radius 1 is 1.45 bits per heavy atom. The molecule has 0 rings (SSSR count). The van der Waals surface area contributed by atoms with Crippen LogP contribution in [-0.2, 0) is 9.13 Å². The van der Waals surface area contributed by atoms with Crippen molar-refractivity contribution in [3.63, 3.8) is 0 Å². The highest BCUT2D eigenvalue weighted by atomic mass is 31.2. The second-order valence-electron chi connectivity index (χ2n) is 2.44. The number of allylic oxidation sites excluding steroid dienone is 1. The molecule has 2 unspecified atom stereocenters. The highest BCUT2D eigenvalue weighted by molar-refractivity contribution is 7.59. The van der Waals surface area contributed by atoms with Crippen LogP contribution in [0.2, 0.25) is 0 Å². The topological polar surface area (TPSA) is 74.6 Å². The largest absolute Gasteiger partial charge is 0.346 e. The fourth-order valence-electron chi connectivity index (χ4n) is 0.555. The zero-order valence-electron chi connectivity index (χ0n) is 6.20. The molecule has 0 aromatic heterocycles. The van der Waals surface area contributed by atoms with E-state index in [0.29, 0.717) is 0 Å². The average Bonchev–Trinajstić information content (AvgIpc) is 1.87. The summed E-state index contributed by atoms with van der Waals surface area (Å²) < 4.78 is 21.3. The molecule has 0 fully saturated rings. The van der Waals surface area contributed by atoms with E-state index in [0.717, 1.165) is 0 Å². The van der Waals surface area contributed by atoms with E-state index in [9.17, 15) is 9.13 Å². The van der Waals surface area contributed by atoms with E-state index in [-0.39, 0.29) is 6.42 Å². The number of hydrogen-bond acceptors (Lipinski definition) is 2. The molecule has 6 heteroatoms. The van der Waals surface area contributed by atoms with Crippen LogP contribution >= 0.6 is 16.1 Å². The molecule has 0 saturated heterocycles. The van der Waals surface area contributed by atoms with Gasteiger partial charge in [0.25, 0.3) is 0 Å². The summed E-state index contributed by atoms with van der Waals surface area (Å²) in [6, 6.07) is 0. The Labute approximate surface area is 66.7 Å². The van der Waals surface area contributed by atoms with Gasteiger partial charge in [0, 0.05) is 0 Å². The quantitative estimate of drug-likeness (QED) is 0.526. The normalized spacial score (nSPS) is 21.7. The molecule has 0 amide bonds. The van der Waals surface area contributed by atoms with Gasteiger partial charge in [-0.1, -0.05) is 6.08 Å². The number of rotatable bonds is 4. The van der Waals surface area contributed by atoms with Crippen molar-refractivity contribution in [2.24, 2.45) is 0 Å². The van der Waals surface area contributed by atoms with Gasteiger partial charge in [-0.25, -0.2) is 0 Å². The summed E-state index contributed by atoms with van der Waals surface area (Å²) in [5.41, 5.74) is 0. The summed E-state index contributed by atoms with van der Waals surface area (Å²) in [6.07, 6.45) is 1.47. The molecule has 0 heterocycles. The molecule has 0 bridgehead atoms. The standard InChI is InChI=1S/C5H12O4P2/c1-3-4-5(2,10(6)7)11(8)9/h3,10-11H,1,4H2,2H3,(H,6,7)(H,8,9). The maximum atomic E-state index is 10.7. The molecular formula is C5H12O4P2. The zero-order chi connectivity index (χ0) is 9.07. The predicted molar refractivity (Wildman–Crippen MR) is 45.7 cm³/mol. The lowest BCUT2D eigenvalue weighted by Crippen LogP contribution is -2.12. The van der Waals surface area contributed by atoms with Gasteiger partial charge in [-0.15, -0.1) is 6.58 Å². The summed E-state index contributed by atoms with van der Waals surface area (Å²) in [4.78, 5) is 16.1. The minimum atomic E-state index is -2.97. The van der Waals surface area contributed by atoms with Crippen molar-refractivity contribution in [2.75, 3.05) is 0 Å². The van der Waals surface area contributed by atoms with Crippen LogP contribution in [0.1, 0.15) is 13.3 Å². The molecule has 2 atom stereocenters. The number of hydrogen-bond donors (Lipinski definition) is 2. The second-order valence-corrected chi connectivity index (χ2v) is 6.36.